The minimum atomic E-state index is -0.232. The average molecular weight is 332 g/mol. The van der Waals surface area contributed by atoms with Gasteiger partial charge in [0, 0.05) is 40.0 Å². The van der Waals surface area contributed by atoms with Crippen LogP contribution in [0.5, 0.6) is 0 Å². The number of hydrogen-bond acceptors (Lipinski definition) is 2. The number of hydrogen-bond donors (Lipinski definition) is 1. The maximum Gasteiger partial charge on any atom is 0.163 e. The Bertz CT molecular complexity index is 1130. The minimum Gasteiger partial charge on any atom is -0.360 e. The summed E-state index contributed by atoms with van der Waals surface area (Å²) in [6, 6.07) is 12.7. The van der Waals surface area contributed by atoms with Gasteiger partial charge in [0.25, 0.3) is 0 Å². The second-order valence-electron chi connectivity index (χ2n) is 6.19. The van der Waals surface area contributed by atoms with E-state index in [2.05, 4.69) is 4.98 Å². The maximum atomic E-state index is 14.0. The number of nitrogens with one attached hydrogen (secondary N) is 1. The van der Waals surface area contributed by atoms with E-state index in [-0.39, 0.29) is 11.6 Å². The second kappa shape index (κ2) is 5.81. The van der Waals surface area contributed by atoms with Crippen LogP contribution in [0.2, 0.25) is 0 Å². The Morgan fingerprint density at radius 3 is 2.80 bits per heavy atom. The van der Waals surface area contributed by atoms with Crippen molar-refractivity contribution in [2.75, 3.05) is 0 Å². The van der Waals surface area contributed by atoms with Crippen molar-refractivity contribution in [3.63, 3.8) is 0 Å². The van der Waals surface area contributed by atoms with Crippen LogP contribution >= 0.6 is 0 Å². The highest BCUT2D eigenvalue weighted by atomic mass is 19.1. The summed E-state index contributed by atoms with van der Waals surface area (Å²) in [5, 5.41) is 1.65. The standard InChI is InChI=1S/C21H17FN2O/c1-3-21(25)14-5-4-6-18-13(14)7-8-19(24-18)16-11-23-20-9-12(2)17(22)10-15(16)20/h4-11,23H,3H2,1-2H3. The van der Waals surface area contributed by atoms with E-state index in [1.807, 2.05) is 43.5 Å². The van der Waals surface area contributed by atoms with E-state index >= 15 is 0 Å². The molecule has 0 aliphatic carbocycles. The van der Waals surface area contributed by atoms with Crippen LogP contribution in [0.15, 0.2) is 48.7 Å². The number of carbonyl (C=O) groups is 1. The van der Waals surface area contributed by atoms with Gasteiger partial charge in [0.2, 0.25) is 0 Å². The van der Waals surface area contributed by atoms with Gasteiger partial charge in [0.05, 0.1) is 11.2 Å². The summed E-state index contributed by atoms with van der Waals surface area (Å²) in [4.78, 5) is 20.0. The van der Waals surface area contributed by atoms with E-state index in [1.54, 1.807) is 19.1 Å². The third-order valence-electron chi connectivity index (χ3n) is 4.59. The van der Waals surface area contributed by atoms with Gasteiger partial charge >= 0.3 is 0 Å². The van der Waals surface area contributed by atoms with Crippen LogP contribution in [0, 0.1) is 12.7 Å². The summed E-state index contributed by atoms with van der Waals surface area (Å²) in [5.74, 6) is -0.130. The van der Waals surface area contributed by atoms with Gasteiger partial charge in [-0.1, -0.05) is 19.1 Å². The number of nitrogens with zero attached hydrogens (tertiary/aromatic N) is 1. The van der Waals surface area contributed by atoms with Crippen molar-refractivity contribution < 1.29 is 9.18 Å². The van der Waals surface area contributed by atoms with Crippen molar-refractivity contribution in [2.24, 2.45) is 0 Å². The molecule has 0 spiro atoms. The molecule has 0 atom stereocenters. The SMILES string of the molecule is CCC(=O)c1cccc2nc(-c3c[nH]c4cc(C)c(F)cc34)ccc12. The Morgan fingerprint density at radius 1 is 1.16 bits per heavy atom. The number of aryl methyl sites for hydroxylation is 1. The van der Waals surface area contributed by atoms with E-state index in [0.29, 0.717) is 17.5 Å². The highest BCUT2D eigenvalue weighted by Gasteiger charge is 2.13. The smallest absolute Gasteiger partial charge is 0.163 e. The zero-order chi connectivity index (χ0) is 17.6. The Kier molecular flexibility index (Phi) is 3.61. The fourth-order valence-corrected chi connectivity index (χ4v) is 3.20. The molecular weight excluding hydrogens is 315 g/mol. The predicted octanol–water partition coefficient (Wildman–Crippen LogP) is 5.42. The molecule has 2 aromatic heterocycles. The molecule has 3 nitrogen and oxygen atoms in total. The lowest BCUT2D eigenvalue weighted by atomic mass is 10.0. The summed E-state index contributed by atoms with van der Waals surface area (Å²) < 4.78 is 14.0. The molecule has 124 valence electrons. The first-order chi connectivity index (χ1) is 12.1. The van der Waals surface area contributed by atoms with Crippen molar-refractivity contribution in [2.45, 2.75) is 20.3 Å². The fourth-order valence-electron chi connectivity index (χ4n) is 3.20. The number of aromatic nitrogens is 2. The monoisotopic (exact) mass is 332 g/mol. The number of H-pyrrole nitrogens is 1. The van der Waals surface area contributed by atoms with Crippen molar-refractivity contribution in [3.8, 4) is 11.3 Å². The fraction of sp³-hybridized carbons (Fsp3) is 0.143. The molecule has 1 N–H and O–H groups in total. The van der Waals surface area contributed by atoms with E-state index < -0.39 is 0 Å². The van der Waals surface area contributed by atoms with Gasteiger partial charge in [-0.3, -0.25) is 4.79 Å². The third kappa shape index (κ3) is 2.50. The zero-order valence-electron chi connectivity index (χ0n) is 14.1. The molecule has 0 saturated heterocycles. The largest absolute Gasteiger partial charge is 0.360 e. The normalized spacial score (nSPS) is 11.3. The number of halogens is 1. The van der Waals surface area contributed by atoms with E-state index in [9.17, 15) is 9.18 Å². The molecule has 4 rings (SSSR count). The number of fused-ring (bicyclic) bond motifs is 2. The van der Waals surface area contributed by atoms with E-state index in [0.717, 1.165) is 33.1 Å². The molecule has 2 heterocycles. The van der Waals surface area contributed by atoms with Crippen LogP contribution in [0.4, 0.5) is 4.39 Å². The minimum absolute atomic E-state index is 0.102. The number of Topliss-reactive ketones (excluding diaryl/α,β-unsaturated/α-hetero) is 1. The first-order valence-electron chi connectivity index (χ1n) is 8.29. The molecule has 4 aromatic rings. The Hall–Kier alpha value is -3.01. The highest BCUT2D eigenvalue weighted by Crippen LogP contribution is 2.31. The van der Waals surface area contributed by atoms with Gasteiger partial charge in [0.1, 0.15) is 5.82 Å². The number of aromatic amines is 1. The number of benzene rings is 2. The lowest BCUT2D eigenvalue weighted by Gasteiger charge is -2.06. The molecule has 0 radical (unpaired) electrons. The summed E-state index contributed by atoms with van der Waals surface area (Å²) in [7, 11) is 0. The van der Waals surface area contributed by atoms with Crippen molar-refractivity contribution in [3.05, 3.63) is 65.6 Å². The predicted molar refractivity (Wildman–Crippen MR) is 98.4 cm³/mol. The summed E-state index contributed by atoms with van der Waals surface area (Å²) in [6.45, 7) is 3.60. The van der Waals surface area contributed by atoms with Crippen molar-refractivity contribution in [1.29, 1.82) is 0 Å². The first-order valence-corrected chi connectivity index (χ1v) is 8.29. The Balaban J connectivity index is 1.91. The third-order valence-corrected chi connectivity index (χ3v) is 4.59. The van der Waals surface area contributed by atoms with Gasteiger partial charge < -0.3 is 4.98 Å². The van der Waals surface area contributed by atoms with Crippen LogP contribution in [0.3, 0.4) is 0 Å². The first kappa shape index (κ1) is 15.5. The zero-order valence-corrected chi connectivity index (χ0v) is 14.1. The summed E-state index contributed by atoms with van der Waals surface area (Å²) in [5.41, 5.74) is 4.55. The van der Waals surface area contributed by atoms with Crippen LogP contribution in [-0.2, 0) is 0 Å². The van der Waals surface area contributed by atoms with Crippen molar-refractivity contribution in [1.82, 2.24) is 9.97 Å². The molecule has 0 fully saturated rings. The number of rotatable bonds is 3. The number of ketones is 1. The molecule has 0 aliphatic heterocycles. The lowest BCUT2D eigenvalue weighted by Crippen LogP contribution is -1.98. The number of carbonyl (C=O) groups excluding carboxylic acids is 1. The van der Waals surface area contributed by atoms with Crippen LogP contribution in [-0.4, -0.2) is 15.8 Å². The van der Waals surface area contributed by atoms with Crippen LogP contribution < -0.4 is 0 Å². The molecule has 0 unspecified atom stereocenters. The molecule has 0 bridgehead atoms. The Morgan fingerprint density at radius 2 is 2.00 bits per heavy atom. The molecule has 2 aromatic carbocycles. The van der Waals surface area contributed by atoms with Gasteiger partial charge in [-0.25, -0.2) is 9.37 Å². The van der Waals surface area contributed by atoms with Gasteiger partial charge in [-0.2, -0.15) is 0 Å². The van der Waals surface area contributed by atoms with Gasteiger partial charge in [-0.05, 0) is 42.8 Å². The molecule has 0 amide bonds. The van der Waals surface area contributed by atoms with E-state index in [1.165, 1.54) is 0 Å². The Labute approximate surface area is 144 Å². The molecular formula is C21H17FN2O. The highest BCUT2D eigenvalue weighted by molar-refractivity contribution is 6.07. The quantitative estimate of drug-likeness (QED) is 0.509. The number of pyridine rings is 1. The maximum absolute atomic E-state index is 14.0. The lowest BCUT2D eigenvalue weighted by molar-refractivity contribution is 0.0989. The molecule has 0 aliphatic rings. The second-order valence-corrected chi connectivity index (χ2v) is 6.19. The molecule has 25 heavy (non-hydrogen) atoms. The topological polar surface area (TPSA) is 45.8 Å². The average Bonchev–Trinajstić information content (AvgIpc) is 3.03. The van der Waals surface area contributed by atoms with Crippen molar-refractivity contribution >= 4 is 27.6 Å². The van der Waals surface area contributed by atoms with Gasteiger partial charge in [-0.15, -0.1) is 0 Å². The summed E-state index contributed by atoms with van der Waals surface area (Å²) >= 11 is 0. The molecule has 4 heteroatoms. The van der Waals surface area contributed by atoms with Crippen LogP contribution in [0.1, 0.15) is 29.3 Å². The van der Waals surface area contributed by atoms with Gasteiger partial charge in [0.15, 0.2) is 5.78 Å². The molecule has 0 saturated carbocycles. The van der Waals surface area contributed by atoms with E-state index in [4.69, 9.17) is 4.98 Å². The summed E-state index contributed by atoms with van der Waals surface area (Å²) in [6.07, 6.45) is 2.31. The van der Waals surface area contributed by atoms with Crippen LogP contribution in [0.25, 0.3) is 33.1 Å².